The van der Waals surface area contributed by atoms with Crippen LogP contribution >= 0.6 is 0 Å². The van der Waals surface area contributed by atoms with Crippen LogP contribution in [0, 0.1) is 0 Å². The molecule has 0 radical (unpaired) electrons. The Balaban J connectivity index is 0.000000280. The van der Waals surface area contributed by atoms with E-state index in [4.69, 9.17) is 4.79 Å². The molecule has 0 aliphatic carbocycles. The molecule has 0 aliphatic rings. The summed E-state index contributed by atoms with van der Waals surface area (Å²) in [5.74, 6) is -0.723. The van der Waals surface area contributed by atoms with Crippen LogP contribution in [0.2, 0.25) is 0 Å². The molecule has 6 heteroatoms. The number of nitrogens with one attached hydrogen (secondary N) is 1. The third-order valence-corrected chi connectivity index (χ3v) is 1.67. The first-order valence-electron chi connectivity index (χ1n) is 4.27. The van der Waals surface area contributed by atoms with Crippen LogP contribution in [0.15, 0.2) is 38.3 Å². The van der Waals surface area contributed by atoms with Crippen LogP contribution in [0.1, 0.15) is 0 Å². The Labute approximate surface area is 89.5 Å². The summed E-state index contributed by atoms with van der Waals surface area (Å²) in [7, 11) is 1.31. The maximum atomic E-state index is 11.0. The predicted molar refractivity (Wildman–Crippen MR) is 56.2 cm³/mol. The molecule has 0 fully saturated rings. The fourth-order valence-electron chi connectivity index (χ4n) is 1.04. The highest BCUT2D eigenvalue weighted by molar-refractivity contribution is 5.76. The Morgan fingerprint density at radius 1 is 1.31 bits per heavy atom. The summed E-state index contributed by atoms with van der Waals surface area (Å²) in [6.45, 7) is 0.375. The molecule has 0 amide bonds. The number of methoxy groups -OCH3 is 1. The Morgan fingerprint density at radius 3 is 2.56 bits per heavy atom. The van der Waals surface area contributed by atoms with Gasteiger partial charge >= 0.3 is 11.4 Å². The van der Waals surface area contributed by atoms with Gasteiger partial charge in [0.2, 0.25) is 0 Å². The van der Waals surface area contributed by atoms with E-state index in [1.54, 1.807) is 24.3 Å². The molecule has 16 heavy (non-hydrogen) atoms. The molecular weight excluding hydrogens is 214 g/mol. The zero-order valence-electron chi connectivity index (χ0n) is 8.43. The maximum absolute atomic E-state index is 11.0. The van der Waals surface area contributed by atoms with E-state index in [-0.39, 0.29) is 0 Å². The molecule has 0 bridgehead atoms. The highest BCUT2D eigenvalue weighted by atomic mass is 16.5. The minimum absolute atomic E-state index is 0.375. The zero-order valence-corrected chi connectivity index (χ0v) is 8.43. The van der Waals surface area contributed by atoms with Crippen molar-refractivity contribution < 1.29 is 13.9 Å². The van der Waals surface area contributed by atoms with Gasteiger partial charge in [0.15, 0.2) is 0 Å². The molecule has 2 aromatic rings. The first-order valence-corrected chi connectivity index (χ1v) is 4.27. The number of benzene rings is 1. The summed E-state index contributed by atoms with van der Waals surface area (Å²) in [4.78, 5) is 33.1. The van der Waals surface area contributed by atoms with Gasteiger partial charge in [0.1, 0.15) is 0 Å². The number of carbonyl (C=O) groups is 1. The minimum Gasteiger partial charge on any atom is -0.471 e. The summed E-state index contributed by atoms with van der Waals surface area (Å²) >= 11 is 0. The van der Waals surface area contributed by atoms with Gasteiger partial charge in [-0.15, -0.1) is 0 Å². The van der Waals surface area contributed by atoms with Gasteiger partial charge in [-0.25, -0.2) is 9.59 Å². The van der Waals surface area contributed by atoms with E-state index in [9.17, 15) is 9.59 Å². The Bertz CT molecular complexity index is 583. The van der Waals surface area contributed by atoms with Crippen molar-refractivity contribution in [3.8, 4) is 0 Å². The Morgan fingerprint density at radius 2 is 1.94 bits per heavy atom. The molecule has 0 spiro atoms. The normalized spacial score (nSPS) is 9.06. The second-order valence-corrected chi connectivity index (χ2v) is 2.68. The summed E-state index contributed by atoms with van der Waals surface area (Å²) in [6, 6.07) is 6.68. The number of rotatable bonds is 1. The Hall–Kier alpha value is -2.37. The first kappa shape index (κ1) is 11.7. The maximum Gasteiger partial charge on any atom is 0.419 e. The lowest BCUT2D eigenvalue weighted by molar-refractivity contribution is -0.126. The largest absolute Gasteiger partial charge is 0.471 e. The second kappa shape index (κ2) is 5.50. The summed E-state index contributed by atoms with van der Waals surface area (Å²) in [5, 5.41) is 0.386. The lowest BCUT2D eigenvalue weighted by Crippen LogP contribution is -2.13. The van der Waals surface area contributed by atoms with Crippen LogP contribution in [-0.4, -0.2) is 18.6 Å². The van der Waals surface area contributed by atoms with E-state index in [2.05, 4.69) is 14.1 Å². The number of ether oxygens (including phenoxy) is 1. The van der Waals surface area contributed by atoms with Crippen molar-refractivity contribution in [2.45, 2.75) is 0 Å². The number of H-pyrrole nitrogens is 1. The third kappa shape index (κ3) is 2.81. The number of aromatic nitrogens is 1. The topological polar surface area (TPSA) is 89.4 Å². The standard InChI is InChI=1S/C8H5NO3.C2H4O2/c10-7-5-3-1-2-4-6(5)9-8(11)12-7;1-4-2-3/h1-4H,(H,9,11);2H,1H3. The summed E-state index contributed by atoms with van der Waals surface area (Å²) in [5.41, 5.74) is -0.104. The number of hydrogen-bond donors (Lipinski definition) is 1. The lowest BCUT2D eigenvalue weighted by Gasteiger charge is -1.91. The fourth-order valence-corrected chi connectivity index (χ4v) is 1.04. The van der Waals surface area contributed by atoms with E-state index in [0.717, 1.165) is 0 Å². The third-order valence-electron chi connectivity index (χ3n) is 1.67. The predicted octanol–water partition coefficient (Wildman–Crippen LogP) is 0.270. The van der Waals surface area contributed by atoms with E-state index in [0.29, 0.717) is 17.4 Å². The molecule has 1 N–H and O–H groups in total. The molecule has 0 aliphatic heterocycles. The average Bonchev–Trinajstić information content (AvgIpc) is 2.29. The van der Waals surface area contributed by atoms with Gasteiger partial charge in [0, 0.05) is 0 Å². The number of para-hydroxylation sites is 1. The Kier molecular flexibility index (Phi) is 4.02. The van der Waals surface area contributed by atoms with Crippen LogP contribution in [0.3, 0.4) is 0 Å². The monoisotopic (exact) mass is 223 g/mol. The zero-order chi connectivity index (χ0) is 12.0. The van der Waals surface area contributed by atoms with E-state index >= 15 is 0 Å². The highest BCUT2D eigenvalue weighted by Gasteiger charge is 1.98. The van der Waals surface area contributed by atoms with Gasteiger partial charge in [-0.3, -0.25) is 9.78 Å². The summed E-state index contributed by atoms with van der Waals surface area (Å²) in [6.07, 6.45) is 0. The van der Waals surface area contributed by atoms with Gasteiger partial charge in [-0.2, -0.15) is 0 Å². The van der Waals surface area contributed by atoms with Crippen LogP contribution < -0.4 is 11.4 Å². The minimum atomic E-state index is -0.723. The van der Waals surface area contributed by atoms with Crippen LogP contribution in [0.5, 0.6) is 0 Å². The smallest absolute Gasteiger partial charge is 0.419 e. The molecular formula is C10H9NO5. The molecule has 0 atom stereocenters. The number of carbonyl (C=O) groups excluding carboxylic acids is 1. The quantitative estimate of drug-likeness (QED) is 0.701. The van der Waals surface area contributed by atoms with Gasteiger partial charge in [0.25, 0.3) is 6.47 Å². The van der Waals surface area contributed by atoms with Gasteiger partial charge in [-0.1, -0.05) is 12.1 Å². The van der Waals surface area contributed by atoms with Crippen LogP contribution in [0.4, 0.5) is 0 Å². The van der Waals surface area contributed by atoms with Gasteiger partial charge in [0.05, 0.1) is 18.0 Å². The molecule has 0 saturated heterocycles. The lowest BCUT2D eigenvalue weighted by atomic mass is 10.2. The van der Waals surface area contributed by atoms with E-state index in [1.165, 1.54) is 7.11 Å². The molecule has 84 valence electrons. The molecule has 1 aromatic carbocycles. The summed E-state index contributed by atoms with van der Waals surface area (Å²) < 4.78 is 8.18. The van der Waals surface area contributed by atoms with E-state index < -0.39 is 11.4 Å². The van der Waals surface area contributed by atoms with Crippen molar-refractivity contribution in [3.05, 3.63) is 45.2 Å². The first-order chi connectivity index (χ1) is 7.69. The van der Waals surface area contributed by atoms with Crippen molar-refractivity contribution in [1.29, 1.82) is 0 Å². The van der Waals surface area contributed by atoms with Crippen LogP contribution in [0.25, 0.3) is 10.9 Å². The molecule has 6 nitrogen and oxygen atoms in total. The molecule has 1 heterocycles. The van der Waals surface area contributed by atoms with Crippen molar-refractivity contribution in [2.75, 3.05) is 7.11 Å². The average molecular weight is 223 g/mol. The number of hydrogen-bond acceptors (Lipinski definition) is 5. The fraction of sp³-hybridized carbons (Fsp3) is 0.100. The number of fused-ring (bicyclic) bond motifs is 1. The molecule has 0 unspecified atom stereocenters. The molecule has 2 rings (SSSR count). The van der Waals surface area contributed by atoms with Crippen LogP contribution in [-0.2, 0) is 9.53 Å². The van der Waals surface area contributed by atoms with Crippen molar-refractivity contribution in [3.63, 3.8) is 0 Å². The van der Waals surface area contributed by atoms with E-state index in [1.807, 2.05) is 0 Å². The van der Waals surface area contributed by atoms with Crippen molar-refractivity contribution in [1.82, 2.24) is 4.98 Å². The molecule has 1 aromatic heterocycles. The van der Waals surface area contributed by atoms with Gasteiger partial charge in [-0.05, 0) is 12.1 Å². The van der Waals surface area contributed by atoms with Gasteiger partial charge < -0.3 is 9.15 Å². The second-order valence-electron chi connectivity index (χ2n) is 2.68. The highest BCUT2D eigenvalue weighted by Crippen LogP contribution is 2.01. The van der Waals surface area contributed by atoms with Crippen molar-refractivity contribution in [2.24, 2.45) is 0 Å². The number of aromatic amines is 1. The van der Waals surface area contributed by atoms with Crippen molar-refractivity contribution >= 4 is 17.4 Å². The SMILES string of the molecule is COC=O.O=c1[nH]c2ccccc2c(=O)o1. The molecule has 0 saturated carbocycles.